The highest BCUT2D eigenvalue weighted by Gasteiger charge is 2.34. The van der Waals surface area contributed by atoms with E-state index in [0.29, 0.717) is 17.6 Å². The number of halogens is 3. The van der Waals surface area contributed by atoms with E-state index in [1.807, 2.05) is 80.6 Å². The fourth-order valence-corrected chi connectivity index (χ4v) is 4.38. The molecule has 0 aliphatic heterocycles. The van der Waals surface area contributed by atoms with Crippen molar-refractivity contribution in [1.82, 2.24) is 9.78 Å². The van der Waals surface area contributed by atoms with Crippen molar-refractivity contribution in [2.75, 3.05) is 5.32 Å². The van der Waals surface area contributed by atoms with Crippen LogP contribution in [0.25, 0.3) is 22.2 Å². The van der Waals surface area contributed by atoms with Crippen LogP contribution in [0.2, 0.25) is 0 Å². The van der Waals surface area contributed by atoms with Crippen LogP contribution in [0, 0.1) is 13.8 Å². The lowest BCUT2D eigenvalue weighted by atomic mass is 10.0. The Kier molecular flexibility index (Phi) is 5.81. The van der Waals surface area contributed by atoms with Crippen molar-refractivity contribution in [3.8, 4) is 11.3 Å². The van der Waals surface area contributed by atoms with Crippen LogP contribution >= 0.6 is 0 Å². The van der Waals surface area contributed by atoms with Crippen molar-refractivity contribution in [2.24, 2.45) is 0 Å². The molecule has 1 aromatic heterocycles. The van der Waals surface area contributed by atoms with Gasteiger partial charge in [0, 0.05) is 22.3 Å². The molecule has 1 heterocycles. The van der Waals surface area contributed by atoms with Crippen molar-refractivity contribution in [1.29, 1.82) is 0 Å². The molecule has 1 N–H and O–H groups in total. The molecule has 0 saturated heterocycles. The molecule has 6 heteroatoms. The molecule has 5 aromatic rings. The van der Waals surface area contributed by atoms with Gasteiger partial charge in [-0.3, -0.25) is 4.68 Å². The summed E-state index contributed by atoms with van der Waals surface area (Å²) >= 11 is 0. The van der Waals surface area contributed by atoms with Gasteiger partial charge in [0.15, 0.2) is 0 Å². The molecule has 0 aliphatic rings. The lowest BCUT2D eigenvalue weighted by Gasteiger charge is -2.12. The van der Waals surface area contributed by atoms with E-state index >= 15 is 0 Å². The second-order valence-electron chi connectivity index (χ2n) is 8.70. The summed E-state index contributed by atoms with van der Waals surface area (Å²) in [5.41, 5.74) is 5.78. The molecule has 0 saturated carbocycles. The standard InChI is InChI=1S/C29H24F3N3/c1-19-11-12-22(20(2)17-19)18-35-28(25-9-6-10-26(27(25)34-35)29(30,31)32)21-13-15-24(16-14-21)33-23-7-4-3-5-8-23/h3-17,33H,18H2,1-2H3. The zero-order chi connectivity index (χ0) is 24.6. The number of fused-ring (bicyclic) bond motifs is 1. The second-order valence-corrected chi connectivity index (χ2v) is 8.70. The Hall–Kier alpha value is -4.06. The summed E-state index contributed by atoms with van der Waals surface area (Å²) < 4.78 is 43.1. The topological polar surface area (TPSA) is 29.9 Å². The van der Waals surface area contributed by atoms with Crippen LogP contribution in [0.15, 0.2) is 91.0 Å². The fourth-order valence-electron chi connectivity index (χ4n) is 4.38. The minimum atomic E-state index is -4.49. The van der Waals surface area contributed by atoms with E-state index in [0.717, 1.165) is 39.7 Å². The van der Waals surface area contributed by atoms with Crippen LogP contribution in [-0.4, -0.2) is 9.78 Å². The number of benzene rings is 4. The third-order valence-electron chi connectivity index (χ3n) is 6.11. The van der Waals surface area contributed by atoms with Crippen molar-refractivity contribution >= 4 is 22.3 Å². The zero-order valence-electron chi connectivity index (χ0n) is 19.4. The van der Waals surface area contributed by atoms with Gasteiger partial charge in [-0.25, -0.2) is 0 Å². The first-order valence-electron chi connectivity index (χ1n) is 11.3. The Morgan fingerprint density at radius 3 is 2.20 bits per heavy atom. The van der Waals surface area contributed by atoms with Crippen molar-refractivity contribution in [3.05, 3.63) is 113 Å². The van der Waals surface area contributed by atoms with Gasteiger partial charge < -0.3 is 5.32 Å². The van der Waals surface area contributed by atoms with Gasteiger partial charge in [0.05, 0.1) is 17.8 Å². The SMILES string of the molecule is Cc1ccc(Cn2nc3c(C(F)(F)F)cccc3c2-c2ccc(Nc3ccccc3)cc2)c(C)c1. The van der Waals surface area contributed by atoms with Crippen LogP contribution in [0.1, 0.15) is 22.3 Å². The number of hydrogen-bond donors (Lipinski definition) is 1. The van der Waals surface area contributed by atoms with Crippen LogP contribution in [0.5, 0.6) is 0 Å². The first-order valence-corrected chi connectivity index (χ1v) is 11.3. The molecular weight excluding hydrogens is 447 g/mol. The lowest BCUT2D eigenvalue weighted by molar-refractivity contribution is -0.136. The fraction of sp³-hybridized carbons (Fsp3) is 0.138. The third-order valence-corrected chi connectivity index (χ3v) is 6.11. The van der Waals surface area contributed by atoms with Gasteiger partial charge in [0.1, 0.15) is 5.52 Å². The summed E-state index contributed by atoms with van der Waals surface area (Å²) in [7, 11) is 0. The number of rotatable bonds is 5. The monoisotopic (exact) mass is 471 g/mol. The number of hydrogen-bond acceptors (Lipinski definition) is 2. The maximum atomic E-state index is 13.8. The van der Waals surface area contributed by atoms with Gasteiger partial charge in [0.25, 0.3) is 0 Å². The first kappa shape index (κ1) is 22.7. The predicted octanol–water partition coefficient (Wildman–Crippen LogP) is 8.13. The molecule has 0 atom stereocenters. The van der Waals surface area contributed by atoms with E-state index < -0.39 is 11.7 Å². The van der Waals surface area contributed by atoms with E-state index in [-0.39, 0.29) is 5.52 Å². The minimum Gasteiger partial charge on any atom is -0.356 e. The Bertz CT molecular complexity index is 1480. The number of para-hydroxylation sites is 1. The minimum absolute atomic E-state index is 0.0359. The van der Waals surface area contributed by atoms with E-state index in [2.05, 4.69) is 16.5 Å². The molecule has 35 heavy (non-hydrogen) atoms. The van der Waals surface area contributed by atoms with Crippen LogP contribution in [-0.2, 0) is 12.7 Å². The molecule has 0 amide bonds. The van der Waals surface area contributed by atoms with Gasteiger partial charge in [-0.15, -0.1) is 0 Å². The highest BCUT2D eigenvalue weighted by atomic mass is 19.4. The summed E-state index contributed by atoms with van der Waals surface area (Å²) in [5, 5.41) is 8.30. The maximum absolute atomic E-state index is 13.8. The molecule has 0 unspecified atom stereocenters. The average Bonchev–Trinajstić information content (AvgIpc) is 3.19. The van der Waals surface area contributed by atoms with Crippen LogP contribution in [0.4, 0.5) is 24.5 Å². The Morgan fingerprint density at radius 2 is 1.51 bits per heavy atom. The van der Waals surface area contributed by atoms with Gasteiger partial charge in [-0.2, -0.15) is 18.3 Å². The molecule has 0 spiro atoms. The average molecular weight is 472 g/mol. The Balaban J connectivity index is 1.62. The quantitative estimate of drug-likeness (QED) is 0.280. The molecule has 0 radical (unpaired) electrons. The molecule has 4 aromatic carbocycles. The van der Waals surface area contributed by atoms with Crippen molar-refractivity contribution in [3.63, 3.8) is 0 Å². The highest BCUT2D eigenvalue weighted by molar-refractivity contribution is 5.95. The van der Waals surface area contributed by atoms with Crippen LogP contribution < -0.4 is 5.32 Å². The highest BCUT2D eigenvalue weighted by Crippen LogP contribution is 2.38. The van der Waals surface area contributed by atoms with Gasteiger partial charge >= 0.3 is 6.18 Å². The molecule has 176 valence electrons. The van der Waals surface area contributed by atoms with Crippen molar-refractivity contribution in [2.45, 2.75) is 26.6 Å². The molecule has 5 rings (SSSR count). The summed E-state index contributed by atoms with van der Waals surface area (Å²) in [6.45, 7) is 4.40. The molecule has 3 nitrogen and oxygen atoms in total. The van der Waals surface area contributed by atoms with E-state index in [4.69, 9.17) is 0 Å². The molecule has 0 aliphatic carbocycles. The summed E-state index contributed by atoms with van der Waals surface area (Å²) in [4.78, 5) is 0. The number of nitrogens with zero attached hydrogens (tertiary/aromatic N) is 2. The largest absolute Gasteiger partial charge is 0.418 e. The Morgan fingerprint density at radius 1 is 0.800 bits per heavy atom. The lowest BCUT2D eigenvalue weighted by Crippen LogP contribution is -2.07. The summed E-state index contributed by atoms with van der Waals surface area (Å²) in [5.74, 6) is 0. The number of alkyl halides is 3. The van der Waals surface area contributed by atoms with Gasteiger partial charge in [0.2, 0.25) is 0 Å². The van der Waals surface area contributed by atoms with Crippen LogP contribution in [0.3, 0.4) is 0 Å². The van der Waals surface area contributed by atoms with E-state index in [1.54, 1.807) is 10.7 Å². The second kappa shape index (κ2) is 8.95. The number of anilines is 2. The smallest absolute Gasteiger partial charge is 0.356 e. The first-order chi connectivity index (χ1) is 16.8. The Labute approximate surface area is 201 Å². The van der Waals surface area contributed by atoms with E-state index in [1.165, 1.54) is 6.07 Å². The summed E-state index contributed by atoms with van der Waals surface area (Å²) in [6.07, 6.45) is -4.49. The molecule has 0 fully saturated rings. The molecule has 0 bridgehead atoms. The number of aryl methyl sites for hydroxylation is 2. The zero-order valence-corrected chi connectivity index (χ0v) is 19.4. The predicted molar refractivity (Wildman–Crippen MR) is 135 cm³/mol. The van der Waals surface area contributed by atoms with E-state index in [9.17, 15) is 13.2 Å². The number of nitrogens with one attached hydrogen (secondary N) is 1. The summed E-state index contributed by atoms with van der Waals surface area (Å²) in [6, 6.07) is 27.8. The normalized spacial score (nSPS) is 11.7. The number of aromatic nitrogens is 2. The van der Waals surface area contributed by atoms with Gasteiger partial charge in [-0.1, -0.05) is 66.2 Å². The maximum Gasteiger partial charge on any atom is 0.418 e. The molecular formula is C29H24F3N3. The van der Waals surface area contributed by atoms with Gasteiger partial charge in [-0.05, 0) is 55.3 Å². The van der Waals surface area contributed by atoms with Crippen molar-refractivity contribution < 1.29 is 13.2 Å². The third kappa shape index (κ3) is 4.64.